The van der Waals surface area contributed by atoms with Crippen molar-refractivity contribution in [1.29, 1.82) is 0 Å². The average molecular weight is 167 g/mol. The fraction of sp³-hybridized carbons (Fsp3) is 0.818. The van der Waals surface area contributed by atoms with Crippen molar-refractivity contribution in [3.05, 3.63) is 12.2 Å². The highest BCUT2D eigenvalue weighted by Crippen LogP contribution is 2.12. The highest BCUT2D eigenvalue weighted by atomic mass is 14.9. The maximum atomic E-state index is 3.33. The minimum Gasteiger partial charge on any atom is -0.314 e. The van der Waals surface area contributed by atoms with E-state index in [4.69, 9.17) is 0 Å². The minimum absolute atomic E-state index is 0.628. The highest BCUT2D eigenvalue weighted by molar-refractivity contribution is 4.92. The molecule has 0 aliphatic heterocycles. The smallest absolute Gasteiger partial charge is 0.0247 e. The van der Waals surface area contributed by atoms with Crippen molar-refractivity contribution in [2.24, 2.45) is 0 Å². The van der Waals surface area contributed by atoms with Gasteiger partial charge in [-0.1, -0.05) is 37.8 Å². The Balaban J connectivity index is 2.31. The van der Waals surface area contributed by atoms with Gasteiger partial charge >= 0.3 is 0 Å². The molecule has 0 bridgehead atoms. The van der Waals surface area contributed by atoms with E-state index in [1.54, 1.807) is 0 Å². The number of allylic oxidation sites excluding steroid dienone is 1. The van der Waals surface area contributed by atoms with Gasteiger partial charge in [-0.2, -0.15) is 0 Å². The molecule has 0 aromatic rings. The Kier molecular flexibility index (Phi) is 5.09. The third kappa shape index (κ3) is 3.91. The molecule has 0 amide bonds. The SMILES string of the molecule is CNC1/C=C\CCCCCCC1. The van der Waals surface area contributed by atoms with E-state index in [-0.39, 0.29) is 0 Å². The molecule has 70 valence electrons. The highest BCUT2D eigenvalue weighted by Gasteiger charge is 2.01. The minimum atomic E-state index is 0.628. The average Bonchev–Trinajstić information content (AvgIpc) is 2.14. The van der Waals surface area contributed by atoms with Crippen LogP contribution >= 0.6 is 0 Å². The molecule has 1 aliphatic carbocycles. The quantitative estimate of drug-likeness (QED) is 0.592. The van der Waals surface area contributed by atoms with Gasteiger partial charge in [0.2, 0.25) is 0 Å². The van der Waals surface area contributed by atoms with Gasteiger partial charge in [0.25, 0.3) is 0 Å². The van der Waals surface area contributed by atoms with Gasteiger partial charge in [-0.05, 0) is 26.3 Å². The molecular formula is C11H21N. The van der Waals surface area contributed by atoms with E-state index < -0.39 is 0 Å². The Morgan fingerprint density at radius 2 is 1.83 bits per heavy atom. The first-order chi connectivity index (χ1) is 5.93. The van der Waals surface area contributed by atoms with E-state index in [0.29, 0.717) is 6.04 Å². The maximum Gasteiger partial charge on any atom is 0.0247 e. The lowest BCUT2D eigenvalue weighted by molar-refractivity contribution is 0.530. The molecule has 1 N–H and O–H groups in total. The number of nitrogens with one attached hydrogen (secondary N) is 1. The predicted molar refractivity (Wildman–Crippen MR) is 54.3 cm³/mol. The van der Waals surface area contributed by atoms with E-state index in [2.05, 4.69) is 24.5 Å². The Labute approximate surface area is 76.2 Å². The van der Waals surface area contributed by atoms with Gasteiger partial charge in [-0.25, -0.2) is 0 Å². The van der Waals surface area contributed by atoms with Crippen molar-refractivity contribution in [1.82, 2.24) is 5.32 Å². The van der Waals surface area contributed by atoms with E-state index in [1.807, 2.05) is 0 Å². The van der Waals surface area contributed by atoms with Crippen LogP contribution in [0, 0.1) is 0 Å². The lowest BCUT2D eigenvalue weighted by Gasteiger charge is -2.12. The summed E-state index contributed by atoms with van der Waals surface area (Å²) in [5, 5.41) is 3.33. The van der Waals surface area contributed by atoms with Crippen LogP contribution in [0.2, 0.25) is 0 Å². The summed E-state index contributed by atoms with van der Waals surface area (Å²) in [6.45, 7) is 0. The van der Waals surface area contributed by atoms with Crippen LogP contribution in [0.4, 0.5) is 0 Å². The standard InChI is InChI=1S/C11H21N/c1-12-11-9-7-5-3-2-4-6-8-10-11/h7,9,11-12H,2-6,8,10H2,1H3/b9-7-. The van der Waals surface area contributed by atoms with Crippen molar-refractivity contribution in [2.75, 3.05) is 7.05 Å². The van der Waals surface area contributed by atoms with Crippen LogP contribution in [0.3, 0.4) is 0 Å². The second-order valence-electron chi connectivity index (χ2n) is 3.67. The summed E-state index contributed by atoms with van der Waals surface area (Å²) < 4.78 is 0. The van der Waals surface area contributed by atoms with Crippen molar-refractivity contribution in [3.63, 3.8) is 0 Å². The Morgan fingerprint density at radius 1 is 1.08 bits per heavy atom. The number of hydrogen-bond acceptors (Lipinski definition) is 1. The zero-order chi connectivity index (χ0) is 8.65. The molecule has 0 spiro atoms. The molecule has 0 fully saturated rings. The first-order valence-electron chi connectivity index (χ1n) is 5.27. The predicted octanol–water partition coefficient (Wildman–Crippen LogP) is 2.87. The summed E-state index contributed by atoms with van der Waals surface area (Å²) in [5.41, 5.74) is 0. The Hall–Kier alpha value is -0.300. The molecule has 1 unspecified atom stereocenters. The molecule has 1 nitrogen and oxygen atoms in total. The molecule has 1 aliphatic rings. The molecule has 0 aromatic carbocycles. The van der Waals surface area contributed by atoms with Gasteiger partial charge in [0.15, 0.2) is 0 Å². The molecule has 0 saturated carbocycles. The van der Waals surface area contributed by atoms with Crippen LogP contribution in [0.1, 0.15) is 44.9 Å². The summed E-state index contributed by atoms with van der Waals surface area (Å²) >= 11 is 0. The van der Waals surface area contributed by atoms with Crippen LogP contribution in [-0.4, -0.2) is 13.1 Å². The van der Waals surface area contributed by atoms with Crippen LogP contribution < -0.4 is 5.32 Å². The summed E-state index contributed by atoms with van der Waals surface area (Å²) in [6, 6.07) is 0.628. The molecular weight excluding hydrogens is 146 g/mol. The second-order valence-corrected chi connectivity index (χ2v) is 3.67. The summed E-state index contributed by atoms with van der Waals surface area (Å²) in [6.07, 6.45) is 14.3. The van der Waals surface area contributed by atoms with E-state index in [0.717, 1.165) is 0 Å². The molecule has 0 aromatic heterocycles. The topological polar surface area (TPSA) is 12.0 Å². The van der Waals surface area contributed by atoms with Crippen molar-refractivity contribution in [2.45, 2.75) is 51.0 Å². The van der Waals surface area contributed by atoms with Crippen LogP contribution in [-0.2, 0) is 0 Å². The fourth-order valence-corrected chi connectivity index (χ4v) is 1.75. The lowest BCUT2D eigenvalue weighted by Crippen LogP contribution is -2.22. The van der Waals surface area contributed by atoms with Crippen LogP contribution in [0.15, 0.2) is 12.2 Å². The Bertz CT molecular complexity index is 129. The van der Waals surface area contributed by atoms with Gasteiger partial charge in [0, 0.05) is 6.04 Å². The third-order valence-corrected chi connectivity index (χ3v) is 2.63. The number of rotatable bonds is 1. The molecule has 0 radical (unpaired) electrons. The molecule has 0 heterocycles. The van der Waals surface area contributed by atoms with Gasteiger partial charge in [0.05, 0.1) is 0 Å². The zero-order valence-electron chi connectivity index (χ0n) is 8.18. The van der Waals surface area contributed by atoms with Crippen LogP contribution in [0.25, 0.3) is 0 Å². The summed E-state index contributed by atoms with van der Waals surface area (Å²) in [5.74, 6) is 0. The summed E-state index contributed by atoms with van der Waals surface area (Å²) in [4.78, 5) is 0. The van der Waals surface area contributed by atoms with E-state index >= 15 is 0 Å². The molecule has 1 heteroatoms. The normalized spacial score (nSPS) is 29.6. The number of likely N-dealkylation sites (N-methyl/N-ethyl adjacent to an activating group) is 1. The number of hydrogen-bond donors (Lipinski definition) is 1. The first kappa shape index (κ1) is 9.79. The van der Waals surface area contributed by atoms with E-state index in [9.17, 15) is 0 Å². The molecule has 0 saturated heterocycles. The Morgan fingerprint density at radius 3 is 2.67 bits per heavy atom. The fourth-order valence-electron chi connectivity index (χ4n) is 1.75. The molecule has 1 rings (SSSR count). The van der Waals surface area contributed by atoms with Crippen molar-refractivity contribution < 1.29 is 0 Å². The van der Waals surface area contributed by atoms with E-state index in [1.165, 1.54) is 44.9 Å². The third-order valence-electron chi connectivity index (χ3n) is 2.63. The zero-order valence-corrected chi connectivity index (χ0v) is 8.18. The van der Waals surface area contributed by atoms with Gasteiger partial charge in [0.1, 0.15) is 0 Å². The monoisotopic (exact) mass is 167 g/mol. The van der Waals surface area contributed by atoms with Gasteiger partial charge in [-0.3, -0.25) is 0 Å². The molecule has 12 heavy (non-hydrogen) atoms. The molecule has 1 atom stereocenters. The van der Waals surface area contributed by atoms with Gasteiger partial charge in [-0.15, -0.1) is 0 Å². The van der Waals surface area contributed by atoms with Gasteiger partial charge < -0.3 is 5.32 Å². The summed E-state index contributed by atoms with van der Waals surface area (Å²) in [7, 11) is 2.06. The van der Waals surface area contributed by atoms with Crippen molar-refractivity contribution >= 4 is 0 Å². The van der Waals surface area contributed by atoms with Crippen molar-refractivity contribution in [3.8, 4) is 0 Å². The van der Waals surface area contributed by atoms with Crippen LogP contribution in [0.5, 0.6) is 0 Å². The first-order valence-corrected chi connectivity index (χ1v) is 5.27. The second kappa shape index (κ2) is 6.24. The maximum absolute atomic E-state index is 3.33. The lowest BCUT2D eigenvalue weighted by atomic mass is 10.0. The largest absolute Gasteiger partial charge is 0.314 e.